The van der Waals surface area contributed by atoms with Crippen molar-refractivity contribution in [3.63, 3.8) is 0 Å². The molecule has 0 saturated carbocycles. The van der Waals surface area contributed by atoms with Gasteiger partial charge in [-0.05, 0) is 18.2 Å². The van der Waals surface area contributed by atoms with Crippen molar-refractivity contribution in [3.05, 3.63) is 57.6 Å². The molecule has 0 saturated heterocycles. The summed E-state index contributed by atoms with van der Waals surface area (Å²) in [5.74, 6) is -0.0753. The Hall–Kier alpha value is -2.14. The maximum Gasteiger partial charge on any atom is 0.257 e. The normalized spacial score (nSPS) is 9.94. The highest BCUT2D eigenvalue weighted by molar-refractivity contribution is 6.30. The third-order valence-electron chi connectivity index (χ3n) is 2.00. The van der Waals surface area contributed by atoms with Gasteiger partial charge in [-0.25, -0.2) is 4.98 Å². The Morgan fingerprint density at radius 2 is 2.18 bits per heavy atom. The molecular weight excluding hydrogens is 242 g/mol. The number of aromatic amines is 1. The van der Waals surface area contributed by atoms with Crippen molar-refractivity contribution in [2.45, 2.75) is 0 Å². The van der Waals surface area contributed by atoms with E-state index in [0.29, 0.717) is 10.8 Å². The minimum atomic E-state index is -0.411. The molecule has 0 spiro atoms. The number of aromatic nitrogens is 2. The number of H-pyrrole nitrogens is 1. The third-order valence-corrected chi connectivity index (χ3v) is 2.24. The van der Waals surface area contributed by atoms with Crippen LogP contribution in [-0.2, 0) is 0 Å². The fraction of sp³-hybridized carbons (Fsp3) is 0. The van der Waals surface area contributed by atoms with E-state index >= 15 is 0 Å². The van der Waals surface area contributed by atoms with Crippen LogP contribution in [0.1, 0.15) is 10.4 Å². The van der Waals surface area contributed by atoms with Crippen LogP contribution in [0, 0.1) is 0 Å². The quantitative estimate of drug-likeness (QED) is 0.850. The van der Waals surface area contributed by atoms with Gasteiger partial charge in [0, 0.05) is 29.0 Å². The van der Waals surface area contributed by atoms with Crippen LogP contribution < -0.4 is 10.9 Å². The van der Waals surface area contributed by atoms with Crippen LogP contribution in [0.15, 0.2) is 41.5 Å². The SMILES string of the molecule is O=C(Nc1cc(Cl)ccn1)c1cc[nH]c(=O)c1. The first-order valence-corrected chi connectivity index (χ1v) is 5.14. The van der Waals surface area contributed by atoms with E-state index < -0.39 is 5.91 Å². The smallest absolute Gasteiger partial charge is 0.257 e. The number of amides is 1. The van der Waals surface area contributed by atoms with Crippen molar-refractivity contribution < 1.29 is 4.79 Å². The van der Waals surface area contributed by atoms with Gasteiger partial charge in [-0.2, -0.15) is 0 Å². The lowest BCUT2D eigenvalue weighted by Gasteiger charge is -2.03. The lowest BCUT2D eigenvalue weighted by atomic mass is 10.2. The highest BCUT2D eigenvalue weighted by Gasteiger charge is 2.07. The van der Waals surface area contributed by atoms with Gasteiger partial charge >= 0.3 is 0 Å². The van der Waals surface area contributed by atoms with E-state index in [1.54, 1.807) is 6.07 Å². The Kier molecular flexibility index (Phi) is 3.20. The van der Waals surface area contributed by atoms with Crippen LogP contribution in [0.5, 0.6) is 0 Å². The number of nitrogens with zero attached hydrogens (tertiary/aromatic N) is 1. The van der Waals surface area contributed by atoms with Gasteiger partial charge in [0.05, 0.1) is 0 Å². The van der Waals surface area contributed by atoms with Crippen molar-refractivity contribution in [1.82, 2.24) is 9.97 Å². The number of carbonyl (C=O) groups is 1. The molecule has 2 N–H and O–H groups in total. The lowest BCUT2D eigenvalue weighted by Crippen LogP contribution is -2.16. The summed E-state index contributed by atoms with van der Waals surface area (Å²) in [5.41, 5.74) is -0.0766. The summed E-state index contributed by atoms with van der Waals surface area (Å²) in [7, 11) is 0. The summed E-state index contributed by atoms with van der Waals surface area (Å²) in [5, 5.41) is 3.01. The van der Waals surface area contributed by atoms with Crippen LogP contribution in [0.4, 0.5) is 5.82 Å². The molecule has 86 valence electrons. The van der Waals surface area contributed by atoms with Crippen LogP contribution in [-0.4, -0.2) is 15.9 Å². The number of halogens is 1. The Labute approximate surface area is 101 Å². The molecule has 0 atom stereocenters. The van der Waals surface area contributed by atoms with Gasteiger partial charge in [0.2, 0.25) is 5.56 Å². The average molecular weight is 250 g/mol. The molecule has 0 fully saturated rings. The van der Waals surface area contributed by atoms with Crippen molar-refractivity contribution in [2.24, 2.45) is 0 Å². The second-order valence-electron chi connectivity index (χ2n) is 3.26. The van der Waals surface area contributed by atoms with E-state index in [4.69, 9.17) is 11.6 Å². The minimum absolute atomic E-state index is 0.260. The van der Waals surface area contributed by atoms with E-state index in [1.807, 2.05) is 0 Å². The minimum Gasteiger partial charge on any atom is -0.329 e. The molecule has 6 heteroatoms. The van der Waals surface area contributed by atoms with Crippen LogP contribution in [0.3, 0.4) is 0 Å². The predicted molar refractivity (Wildman–Crippen MR) is 64.3 cm³/mol. The fourth-order valence-corrected chi connectivity index (χ4v) is 1.41. The standard InChI is InChI=1S/C11H8ClN3O2/c12-8-2-4-13-9(6-8)15-11(17)7-1-3-14-10(16)5-7/h1-6H,(H,14,16)(H,13,15,17). The second kappa shape index (κ2) is 4.80. The molecule has 2 aromatic heterocycles. The fourth-order valence-electron chi connectivity index (χ4n) is 1.25. The van der Waals surface area contributed by atoms with Gasteiger partial charge in [0.15, 0.2) is 0 Å². The Balaban J connectivity index is 2.20. The predicted octanol–water partition coefficient (Wildman–Crippen LogP) is 1.68. The molecule has 0 aliphatic heterocycles. The average Bonchev–Trinajstić information content (AvgIpc) is 2.29. The molecule has 2 heterocycles. The number of hydrogen-bond donors (Lipinski definition) is 2. The first-order chi connectivity index (χ1) is 8.15. The van der Waals surface area contributed by atoms with Crippen LogP contribution in [0.25, 0.3) is 0 Å². The van der Waals surface area contributed by atoms with E-state index in [2.05, 4.69) is 15.3 Å². The van der Waals surface area contributed by atoms with Crippen molar-refractivity contribution >= 4 is 23.3 Å². The third kappa shape index (κ3) is 2.92. The molecule has 5 nitrogen and oxygen atoms in total. The molecular formula is C11H8ClN3O2. The zero-order chi connectivity index (χ0) is 12.3. The van der Waals surface area contributed by atoms with Gasteiger partial charge in [-0.15, -0.1) is 0 Å². The van der Waals surface area contributed by atoms with E-state index in [9.17, 15) is 9.59 Å². The second-order valence-corrected chi connectivity index (χ2v) is 3.69. The molecule has 0 aromatic carbocycles. The van der Waals surface area contributed by atoms with Crippen LogP contribution >= 0.6 is 11.6 Å². The molecule has 0 radical (unpaired) electrons. The van der Waals surface area contributed by atoms with Crippen LogP contribution in [0.2, 0.25) is 5.02 Å². The van der Waals surface area contributed by atoms with Gasteiger partial charge in [0.1, 0.15) is 5.82 Å². The van der Waals surface area contributed by atoms with Gasteiger partial charge in [0.25, 0.3) is 5.91 Å². The molecule has 0 aliphatic rings. The Morgan fingerprint density at radius 1 is 1.35 bits per heavy atom. The van der Waals surface area contributed by atoms with Gasteiger partial charge in [-0.1, -0.05) is 11.6 Å². The number of pyridine rings is 2. The summed E-state index contributed by atoms with van der Waals surface area (Å²) in [6, 6.07) is 5.83. The molecule has 1 amide bonds. The summed E-state index contributed by atoms with van der Waals surface area (Å²) >= 11 is 5.75. The molecule has 2 aromatic rings. The van der Waals surface area contributed by atoms with E-state index in [-0.39, 0.29) is 11.1 Å². The monoisotopic (exact) mass is 249 g/mol. The Morgan fingerprint density at radius 3 is 2.88 bits per heavy atom. The van der Waals surface area contributed by atoms with Crippen molar-refractivity contribution in [3.8, 4) is 0 Å². The number of rotatable bonds is 2. The molecule has 2 rings (SSSR count). The molecule has 0 unspecified atom stereocenters. The maximum absolute atomic E-state index is 11.7. The van der Waals surface area contributed by atoms with E-state index in [1.165, 1.54) is 30.6 Å². The molecule has 17 heavy (non-hydrogen) atoms. The first-order valence-electron chi connectivity index (χ1n) is 4.77. The zero-order valence-corrected chi connectivity index (χ0v) is 9.36. The van der Waals surface area contributed by atoms with Crippen molar-refractivity contribution in [1.29, 1.82) is 0 Å². The van der Waals surface area contributed by atoms with Gasteiger partial charge in [-0.3, -0.25) is 9.59 Å². The molecule has 0 aliphatic carbocycles. The van der Waals surface area contributed by atoms with E-state index in [0.717, 1.165) is 0 Å². The lowest BCUT2D eigenvalue weighted by molar-refractivity contribution is 0.102. The summed E-state index contributed by atoms with van der Waals surface area (Å²) < 4.78 is 0. The zero-order valence-electron chi connectivity index (χ0n) is 8.61. The summed E-state index contributed by atoms with van der Waals surface area (Å²) in [6.45, 7) is 0. The number of nitrogens with one attached hydrogen (secondary N) is 2. The highest BCUT2D eigenvalue weighted by Crippen LogP contribution is 2.12. The summed E-state index contributed by atoms with van der Waals surface area (Å²) in [4.78, 5) is 29.1. The summed E-state index contributed by atoms with van der Waals surface area (Å²) in [6.07, 6.45) is 2.89. The van der Waals surface area contributed by atoms with Gasteiger partial charge < -0.3 is 10.3 Å². The molecule has 0 bridgehead atoms. The first kappa shape index (κ1) is 11.3. The van der Waals surface area contributed by atoms with Crippen molar-refractivity contribution in [2.75, 3.05) is 5.32 Å². The highest BCUT2D eigenvalue weighted by atomic mass is 35.5. The number of anilines is 1. The number of carbonyl (C=O) groups excluding carboxylic acids is 1. The maximum atomic E-state index is 11.7. The number of hydrogen-bond acceptors (Lipinski definition) is 3. The topological polar surface area (TPSA) is 74.8 Å². The largest absolute Gasteiger partial charge is 0.329 e. The Bertz CT molecular complexity index is 609.